The van der Waals surface area contributed by atoms with Gasteiger partial charge in [0.25, 0.3) is 5.56 Å². The fourth-order valence-corrected chi connectivity index (χ4v) is 1.78. The molecule has 1 N–H and O–H groups in total. The van der Waals surface area contributed by atoms with Gasteiger partial charge in [-0.05, 0) is 18.2 Å². The molecule has 1 heterocycles. The number of fused-ring (bicyclic) bond motifs is 1. The molecule has 1 aromatic carbocycles. The van der Waals surface area contributed by atoms with E-state index in [4.69, 9.17) is 5.11 Å². The topological polar surface area (TPSA) is 72.2 Å². The summed E-state index contributed by atoms with van der Waals surface area (Å²) in [6.45, 7) is 0. The van der Waals surface area contributed by atoms with E-state index in [9.17, 15) is 9.59 Å². The number of aromatic carboxylic acids is 1. The lowest BCUT2D eigenvalue weighted by Gasteiger charge is -2.05. The van der Waals surface area contributed by atoms with E-state index in [-0.39, 0.29) is 11.4 Å². The van der Waals surface area contributed by atoms with Crippen molar-refractivity contribution in [3.05, 3.63) is 38.9 Å². The molecule has 2 rings (SSSR count). The number of hydrogen-bond donors (Lipinski definition) is 1. The van der Waals surface area contributed by atoms with Gasteiger partial charge >= 0.3 is 5.97 Å². The first kappa shape index (κ1) is 10.8. The minimum Gasteiger partial charge on any atom is -0.475 e. The lowest BCUT2D eigenvalue weighted by atomic mass is 10.2. The van der Waals surface area contributed by atoms with Crippen molar-refractivity contribution in [3.63, 3.8) is 0 Å². The molecule has 0 amide bonds. The lowest BCUT2D eigenvalue weighted by molar-refractivity contribution is 0.0678. The molecular weight excluding hydrogens is 276 g/mol. The normalized spacial score (nSPS) is 10.6. The van der Waals surface area contributed by atoms with Crippen LogP contribution in [0.25, 0.3) is 10.9 Å². The Labute approximate surface area is 98.5 Å². The molecule has 0 aliphatic rings. The molecule has 0 bridgehead atoms. The third kappa shape index (κ3) is 1.61. The van der Waals surface area contributed by atoms with Gasteiger partial charge in [-0.25, -0.2) is 9.78 Å². The fraction of sp³-hybridized carbons (Fsp3) is 0.100. The summed E-state index contributed by atoms with van der Waals surface area (Å²) in [7, 11) is 1.39. The third-order valence-electron chi connectivity index (χ3n) is 2.23. The van der Waals surface area contributed by atoms with E-state index in [1.807, 2.05) is 0 Å². The highest BCUT2D eigenvalue weighted by molar-refractivity contribution is 9.10. The van der Waals surface area contributed by atoms with Crippen LogP contribution >= 0.6 is 15.9 Å². The van der Waals surface area contributed by atoms with Crippen molar-refractivity contribution < 1.29 is 9.90 Å². The summed E-state index contributed by atoms with van der Waals surface area (Å²) < 4.78 is 1.77. The number of halogens is 1. The number of hydrogen-bond acceptors (Lipinski definition) is 3. The van der Waals surface area contributed by atoms with Crippen molar-refractivity contribution in [2.75, 3.05) is 0 Å². The maximum atomic E-state index is 11.8. The van der Waals surface area contributed by atoms with E-state index in [0.29, 0.717) is 10.9 Å². The zero-order valence-corrected chi connectivity index (χ0v) is 9.85. The van der Waals surface area contributed by atoms with E-state index < -0.39 is 5.97 Å². The Morgan fingerprint density at radius 2 is 2.19 bits per heavy atom. The molecule has 0 saturated carbocycles. The van der Waals surface area contributed by atoms with E-state index >= 15 is 0 Å². The predicted octanol–water partition coefficient (Wildman–Crippen LogP) is 1.39. The molecule has 5 nitrogen and oxygen atoms in total. The minimum atomic E-state index is -1.22. The van der Waals surface area contributed by atoms with Gasteiger partial charge in [-0.2, -0.15) is 0 Å². The van der Waals surface area contributed by atoms with Gasteiger partial charge in [-0.15, -0.1) is 0 Å². The standard InChI is InChI=1S/C10H7BrN2O3/c1-13-8(10(15)16)12-7-4-5(11)2-3-6(7)9(13)14/h2-4H,1H3,(H,15,16). The van der Waals surface area contributed by atoms with Gasteiger partial charge in [-0.3, -0.25) is 9.36 Å². The van der Waals surface area contributed by atoms with E-state index in [1.54, 1.807) is 18.2 Å². The van der Waals surface area contributed by atoms with Crippen molar-refractivity contribution in [3.8, 4) is 0 Å². The van der Waals surface area contributed by atoms with Crippen LogP contribution in [0.5, 0.6) is 0 Å². The first-order chi connectivity index (χ1) is 7.50. The van der Waals surface area contributed by atoms with Gasteiger partial charge < -0.3 is 5.11 Å². The monoisotopic (exact) mass is 282 g/mol. The van der Waals surface area contributed by atoms with Crippen LogP contribution in [0.2, 0.25) is 0 Å². The maximum absolute atomic E-state index is 11.8. The molecule has 0 saturated heterocycles. The van der Waals surface area contributed by atoms with Gasteiger partial charge in [0, 0.05) is 11.5 Å². The van der Waals surface area contributed by atoms with Gasteiger partial charge in [0.05, 0.1) is 10.9 Å². The third-order valence-corrected chi connectivity index (χ3v) is 2.72. The average molecular weight is 283 g/mol. The molecule has 1 aromatic heterocycles. The summed E-state index contributed by atoms with van der Waals surface area (Å²) in [6.07, 6.45) is 0. The zero-order chi connectivity index (χ0) is 11.9. The van der Waals surface area contributed by atoms with Crippen LogP contribution in [0.1, 0.15) is 10.6 Å². The Morgan fingerprint density at radius 3 is 2.81 bits per heavy atom. The molecule has 0 aliphatic carbocycles. The number of nitrogens with zero attached hydrogens (tertiary/aromatic N) is 2. The summed E-state index contributed by atoms with van der Waals surface area (Å²) in [5.74, 6) is -1.49. The quantitative estimate of drug-likeness (QED) is 0.858. The zero-order valence-electron chi connectivity index (χ0n) is 8.27. The molecule has 82 valence electrons. The summed E-state index contributed by atoms with van der Waals surface area (Å²) in [5, 5.41) is 9.28. The van der Waals surface area contributed by atoms with Crippen LogP contribution in [-0.4, -0.2) is 20.6 Å². The van der Waals surface area contributed by atoms with Gasteiger partial charge in [0.1, 0.15) is 0 Å². The Balaban J connectivity index is 2.94. The second kappa shape index (κ2) is 3.71. The Kier molecular flexibility index (Phi) is 2.51. The summed E-state index contributed by atoms with van der Waals surface area (Å²) >= 11 is 3.24. The molecule has 0 spiro atoms. The van der Waals surface area contributed by atoms with Crippen molar-refractivity contribution in [1.29, 1.82) is 0 Å². The highest BCUT2D eigenvalue weighted by Crippen LogP contribution is 2.15. The highest BCUT2D eigenvalue weighted by Gasteiger charge is 2.13. The van der Waals surface area contributed by atoms with E-state index in [2.05, 4.69) is 20.9 Å². The summed E-state index contributed by atoms with van der Waals surface area (Å²) in [6, 6.07) is 4.94. The molecule has 0 aliphatic heterocycles. The second-order valence-corrected chi connectivity index (χ2v) is 4.18. The highest BCUT2D eigenvalue weighted by atomic mass is 79.9. The Bertz CT molecular complexity index is 648. The van der Waals surface area contributed by atoms with E-state index in [0.717, 1.165) is 9.04 Å². The summed E-state index contributed by atoms with van der Waals surface area (Å²) in [4.78, 5) is 26.6. The van der Waals surface area contributed by atoms with Crippen LogP contribution < -0.4 is 5.56 Å². The van der Waals surface area contributed by atoms with Crippen LogP contribution in [0.4, 0.5) is 0 Å². The number of aromatic nitrogens is 2. The number of rotatable bonds is 1. The van der Waals surface area contributed by atoms with Crippen molar-refractivity contribution in [2.45, 2.75) is 0 Å². The number of carboxylic acid groups (broad SMARTS) is 1. The smallest absolute Gasteiger partial charge is 0.372 e. The lowest BCUT2D eigenvalue weighted by Crippen LogP contribution is -2.25. The maximum Gasteiger partial charge on any atom is 0.372 e. The van der Waals surface area contributed by atoms with Crippen molar-refractivity contribution in [1.82, 2.24) is 9.55 Å². The SMILES string of the molecule is Cn1c(C(=O)O)nc2cc(Br)ccc2c1=O. The van der Waals surface area contributed by atoms with Crippen LogP contribution in [0, 0.1) is 0 Å². The Morgan fingerprint density at radius 1 is 1.50 bits per heavy atom. The second-order valence-electron chi connectivity index (χ2n) is 3.27. The summed E-state index contributed by atoms with van der Waals surface area (Å²) in [5.41, 5.74) is 0.00442. The molecule has 16 heavy (non-hydrogen) atoms. The first-order valence-corrected chi connectivity index (χ1v) is 5.19. The van der Waals surface area contributed by atoms with Crippen LogP contribution in [-0.2, 0) is 7.05 Å². The van der Waals surface area contributed by atoms with Gasteiger partial charge in [0.2, 0.25) is 5.82 Å². The molecule has 0 radical (unpaired) electrons. The van der Waals surface area contributed by atoms with Crippen LogP contribution in [0.3, 0.4) is 0 Å². The first-order valence-electron chi connectivity index (χ1n) is 4.40. The van der Waals surface area contributed by atoms with Gasteiger partial charge in [-0.1, -0.05) is 15.9 Å². The molecule has 0 fully saturated rings. The molecule has 6 heteroatoms. The van der Waals surface area contributed by atoms with Gasteiger partial charge in [0.15, 0.2) is 0 Å². The number of carboxylic acids is 1. The predicted molar refractivity (Wildman–Crippen MR) is 61.6 cm³/mol. The molecule has 2 aromatic rings. The molecular formula is C10H7BrN2O3. The van der Waals surface area contributed by atoms with E-state index in [1.165, 1.54) is 7.05 Å². The van der Waals surface area contributed by atoms with Crippen molar-refractivity contribution in [2.24, 2.45) is 7.05 Å². The minimum absolute atomic E-state index is 0.268. The number of carbonyl (C=O) groups is 1. The van der Waals surface area contributed by atoms with Crippen LogP contribution in [0.15, 0.2) is 27.5 Å². The van der Waals surface area contributed by atoms with Crippen molar-refractivity contribution >= 4 is 32.8 Å². The Hall–Kier alpha value is -1.69. The average Bonchev–Trinajstić information content (AvgIpc) is 2.22. The fourth-order valence-electron chi connectivity index (χ4n) is 1.44. The molecule has 0 unspecified atom stereocenters. The number of benzene rings is 1. The largest absolute Gasteiger partial charge is 0.475 e. The molecule has 0 atom stereocenters.